The van der Waals surface area contributed by atoms with Gasteiger partial charge in [-0.25, -0.2) is 9.78 Å². The lowest BCUT2D eigenvalue weighted by molar-refractivity contribution is 0.0601. The van der Waals surface area contributed by atoms with Crippen molar-refractivity contribution in [3.8, 4) is 11.4 Å². The Kier molecular flexibility index (Phi) is 5.56. The molecule has 8 nitrogen and oxygen atoms in total. The predicted octanol–water partition coefficient (Wildman–Crippen LogP) is 3.45. The number of carbonyl (C=O) groups excluding carboxylic acids is 1. The van der Waals surface area contributed by atoms with Crippen molar-refractivity contribution in [2.24, 2.45) is 7.05 Å². The number of H-pyrrole nitrogens is 1. The molecule has 0 saturated carbocycles. The summed E-state index contributed by atoms with van der Waals surface area (Å²) in [7, 11) is 3.17. The van der Waals surface area contributed by atoms with Crippen LogP contribution in [-0.4, -0.2) is 37.8 Å². The zero-order valence-corrected chi connectivity index (χ0v) is 17.6. The molecule has 0 aliphatic heterocycles. The maximum Gasteiger partial charge on any atom is 0.337 e. The molecule has 30 heavy (non-hydrogen) atoms. The molecule has 1 N–H and O–H groups in total. The van der Waals surface area contributed by atoms with Crippen LogP contribution in [0.5, 0.6) is 0 Å². The van der Waals surface area contributed by atoms with E-state index in [0.29, 0.717) is 44.0 Å². The third-order valence-corrected chi connectivity index (χ3v) is 5.74. The van der Waals surface area contributed by atoms with Crippen LogP contribution in [-0.2, 0) is 17.5 Å². The minimum atomic E-state index is -0.483. The van der Waals surface area contributed by atoms with Crippen LogP contribution in [0.3, 0.4) is 0 Å². The molecule has 0 unspecified atom stereocenters. The van der Waals surface area contributed by atoms with Gasteiger partial charge in [-0.15, -0.1) is 10.2 Å². The Morgan fingerprint density at radius 3 is 2.70 bits per heavy atom. The minimum Gasteiger partial charge on any atom is -0.465 e. The molecule has 152 valence electrons. The summed E-state index contributed by atoms with van der Waals surface area (Å²) >= 11 is 7.33. The number of aromatic amines is 1. The summed E-state index contributed by atoms with van der Waals surface area (Å²) in [5.74, 6) is 1.07. The fraction of sp³-hybridized carbons (Fsp3) is 0.150. The van der Waals surface area contributed by atoms with Crippen LogP contribution in [0.1, 0.15) is 16.2 Å². The van der Waals surface area contributed by atoms with Gasteiger partial charge >= 0.3 is 5.97 Å². The molecule has 4 rings (SSSR count). The summed E-state index contributed by atoms with van der Waals surface area (Å²) in [6, 6.07) is 12.0. The highest BCUT2D eigenvalue weighted by Crippen LogP contribution is 2.25. The fourth-order valence-corrected chi connectivity index (χ4v) is 3.83. The van der Waals surface area contributed by atoms with E-state index in [0.717, 1.165) is 5.56 Å². The van der Waals surface area contributed by atoms with Gasteiger partial charge in [0, 0.05) is 17.6 Å². The Morgan fingerprint density at radius 2 is 1.97 bits per heavy atom. The number of rotatable bonds is 5. The SMILES string of the molecule is COC(=O)c1ccc2c(=O)[nH]c(CSc3nnc(-c4ccc(Cl)cc4)n3C)nc2c1. The smallest absolute Gasteiger partial charge is 0.337 e. The van der Waals surface area contributed by atoms with E-state index in [4.69, 9.17) is 16.3 Å². The fourth-order valence-electron chi connectivity index (χ4n) is 2.92. The molecule has 0 radical (unpaired) electrons. The van der Waals surface area contributed by atoms with Gasteiger partial charge in [0.05, 0.1) is 29.3 Å². The average molecular weight is 442 g/mol. The zero-order valence-electron chi connectivity index (χ0n) is 16.0. The molecule has 0 saturated heterocycles. The summed E-state index contributed by atoms with van der Waals surface area (Å²) in [4.78, 5) is 31.4. The third-order valence-electron chi connectivity index (χ3n) is 4.45. The molecule has 2 aromatic heterocycles. The number of carbonyl (C=O) groups is 1. The van der Waals surface area contributed by atoms with Crippen molar-refractivity contribution in [3.05, 3.63) is 69.2 Å². The van der Waals surface area contributed by atoms with E-state index >= 15 is 0 Å². The Hall–Kier alpha value is -3.17. The Labute approximate surface area is 180 Å². The first-order valence-electron chi connectivity index (χ1n) is 8.85. The molecule has 4 aromatic rings. The number of ether oxygens (including phenoxy) is 1. The molecular formula is C20H16ClN5O3S. The van der Waals surface area contributed by atoms with Gasteiger partial charge in [-0.3, -0.25) is 4.79 Å². The second-order valence-electron chi connectivity index (χ2n) is 6.40. The molecule has 0 amide bonds. The largest absolute Gasteiger partial charge is 0.465 e. The van der Waals surface area contributed by atoms with Gasteiger partial charge in [-0.2, -0.15) is 0 Å². The van der Waals surface area contributed by atoms with Gasteiger partial charge in [0.2, 0.25) is 0 Å². The first kappa shape index (κ1) is 20.1. The lowest BCUT2D eigenvalue weighted by Gasteiger charge is -2.06. The maximum atomic E-state index is 12.4. The number of esters is 1. The van der Waals surface area contributed by atoms with Crippen LogP contribution in [0.25, 0.3) is 22.3 Å². The number of methoxy groups -OCH3 is 1. The lowest BCUT2D eigenvalue weighted by Crippen LogP contribution is -2.12. The van der Waals surface area contributed by atoms with Crippen LogP contribution in [0.15, 0.2) is 52.4 Å². The van der Waals surface area contributed by atoms with E-state index in [1.54, 1.807) is 24.3 Å². The second kappa shape index (κ2) is 8.29. The maximum absolute atomic E-state index is 12.4. The van der Waals surface area contributed by atoms with Gasteiger partial charge in [-0.05, 0) is 42.5 Å². The monoisotopic (exact) mass is 441 g/mol. The number of fused-ring (bicyclic) bond motifs is 1. The standard InChI is InChI=1S/C20H16ClN5O3S/c1-26-17(11-3-6-13(21)7-4-11)24-25-20(26)30-10-16-22-15-9-12(19(28)29-2)5-8-14(15)18(27)23-16/h3-9H,10H2,1-2H3,(H,22,23,27). The summed E-state index contributed by atoms with van der Waals surface area (Å²) in [5, 5.41) is 10.2. The van der Waals surface area contributed by atoms with E-state index in [-0.39, 0.29) is 5.56 Å². The minimum absolute atomic E-state index is 0.271. The predicted molar refractivity (Wildman–Crippen MR) is 115 cm³/mol. The molecular weight excluding hydrogens is 426 g/mol. The number of hydrogen-bond donors (Lipinski definition) is 1. The normalized spacial score (nSPS) is 11.0. The molecule has 10 heteroatoms. The van der Waals surface area contributed by atoms with E-state index in [1.807, 2.05) is 23.7 Å². The van der Waals surface area contributed by atoms with E-state index in [1.165, 1.54) is 24.9 Å². The number of nitrogens with one attached hydrogen (secondary N) is 1. The van der Waals surface area contributed by atoms with Crippen molar-refractivity contribution in [2.45, 2.75) is 10.9 Å². The number of benzene rings is 2. The molecule has 0 aliphatic carbocycles. The topological polar surface area (TPSA) is 103 Å². The molecule has 0 fully saturated rings. The zero-order chi connectivity index (χ0) is 21.3. The number of nitrogens with zero attached hydrogens (tertiary/aromatic N) is 4. The highest BCUT2D eigenvalue weighted by molar-refractivity contribution is 7.98. The Bertz CT molecular complexity index is 1300. The van der Waals surface area contributed by atoms with E-state index in [2.05, 4.69) is 20.2 Å². The van der Waals surface area contributed by atoms with Crippen LogP contribution in [0, 0.1) is 0 Å². The van der Waals surface area contributed by atoms with Gasteiger partial charge in [0.1, 0.15) is 5.82 Å². The number of hydrogen-bond acceptors (Lipinski definition) is 7. The van der Waals surface area contributed by atoms with Crippen molar-refractivity contribution in [1.29, 1.82) is 0 Å². The first-order chi connectivity index (χ1) is 14.5. The van der Waals surface area contributed by atoms with Gasteiger partial charge in [-0.1, -0.05) is 23.4 Å². The van der Waals surface area contributed by atoms with Crippen LogP contribution in [0.4, 0.5) is 0 Å². The molecule has 0 aliphatic rings. The highest BCUT2D eigenvalue weighted by atomic mass is 35.5. The highest BCUT2D eigenvalue weighted by Gasteiger charge is 2.13. The van der Waals surface area contributed by atoms with E-state index < -0.39 is 5.97 Å². The number of aromatic nitrogens is 5. The van der Waals surface area contributed by atoms with Crippen molar-refractivity contribution < 1.29 is 9.53 Å². The second-order valence-corrected chi connectivity index (χ2v) is 7.78. The molecule has 2 aromatic carbocycles. The molecule has 2 heterocycles. The van der Waals surface area contributed by atoms with Crippen molar-refractivity contribution >= 4 is 40.2 Å². The van der Waals surface area contributed by atoms with Gasteiger partial charge in [0.25, 0.3) is 5.56 Å². The van der Waals surface area contributed by atoms with Gasteiger partial charge < -0.3 is 14.3 Å². The lowest BCUT2D eigenvalue weighted by atomic mass is 10.1. The van der Waals surface area contributed by atoms with Crippen LogP contribution < -0.4 is 5.56 Å². The molecule has 0 atom stereocenters. The average Bonchev–Trinajstić information content (AvgIpc) is 3.12. The van der Waals surface area contributed by atoms with E-state index in [9.17, 15) is 9.59 Å². The van der Waals surface area contributed by atoms with Crippen LogP contribution >= 0.6 is 23.4 Å². The Balaban J connectivity index is 1.58. The van der Waals surface area contributed by atoms with Crippen molar-refractivity contribution in [1.82, 2.24) is 24.7 Å². The quantitative estimate of drug-likeness (QED) is 0.373. The van der Waals surface area contributed by atoms with Crippen molar-refractivity contribution in [3.63, 3.8) is 0 Å². The van der Waals surface area contributed by atoms with Gasteiger partial charge in [0.15, 0.2) is 11.0 Å². The van der Waals surface area contributed by atoms with Crippen LogP contribution in [0.2, 0.25) is 5.02 Å². The first-order valence-corrected chi connectivity index (χ1v) is 10.2. The molecule has 0 spiro atoms. The number of thioether (sulfide) groups is 1. The third kappa shape index (κ3) is 3.94. The summed E-state index contributed by atoms with van der Waals surface area (Å²) in [6.07, 6.45) is 0. The van der Waals surface area contributed by atoms with Crippen molar-refractivity contribution in [2.75, 3.05) is 7.11 Å². The molecule has 0 bridgehead atoms. The number of halogens is 1. The Morgan fingerprint density at radius 1 is 1.20 bits per heavy atom. The summed E-state index contributed by atoms with van der Waals surface area (Å²) in [6.45, 7) is 0. The summed E-state index contributed by atoms with van der Waals surface area (Å²) in [5.41, 5.74) is 1.39. The summed E-state index contributed by atoms with van der Waals surface area (Å²) < 4.78 is 6.59.